The van der Waals surface area contributed by atoms with Gasteiger partial charge in [-0.3, -0.25) is 24.0 Å². The quantitative estimate of drug-likeness (QED) is 0.364. The van der Waals surface area contributed by atoms with E-state index >= 15 is 0 Å². The molecule has 1 aromatic heterocycles. The van der Waals surface area contributed by atoms with Gasteiger partial charge in [0.2, 0.25) is 0 Å². The fraction of sp³-hybridized carbons (Fsp3) is 0.519. The highest BCUT2D eigenvalue weighted by Crippen LogP contribution is 2.40. The van der Waals surface area contributed by atoms with Crippen LogP contribution in [0.3, 0.4) is 0 Å². The molecule has 4 rings (SSSR count). The minimum absolute atomic E-state index is 0. The summed E-state index contributed by atoms with van der Waals surface area (Å²) in [5, 5.41) is 8.38. The average Bonchev–Trinajstić information content (AvgIpc) is 3.62. The third-order valence-electron chi connectivity index (χ3n) is 6.56. The lowest BCUT2D eigenvalue weighted by molar-refractivity contribution is -0.143. The summed E-state index contributed by atoms with van der Waals surface area (Å²) in [6.07, 6.45) is 6.97. The molecule has 2 aromatic rings. The average molecular weight is 565 g/mol. The Kier molecular flexibility index (Phi) is 11.1. The molecule has 0 bridgehead atoms. The van der Waals surface area contributed by atoms with E-state index in [2.05, 4.69) is 10.3 Å². The summed E-state index contributed by atoms with van der Waals surface area (Å²) >= 11 is 1.27. The molecule has 2 heterocycles. The Labute approximate surface area is 232 Å². The first-order chi connectivity index (χ1) is 17.9. The summed E-state index contributed by atoms with van der Waals surface area (Å²) in [5.74, 6) is -0.565. The fourth-order valence-electron chi connectivity index (χ4n) is 4.69. The van der Waals surface area contributed by atoms with Crippen molar-refractivity contribution in [2.75, 3.05) is 19.7 Å². The molecule has 0 amide bonds. The smallest absolute Gasteiger partial charge is 0.305 e. The number of benzene rings is 1. The Morgan fingerprint density at radius 3 is 2.68 bits per heavy atom. The van der Waals surface area contributed by atoms with Gasteiger partial charge in [-0.15, -0.1) is 17.5 Å². The number of thioether (sulfide) groups is 1. The molecule has 0 spiro atoms. The molecular weight excluding hydrogens is 531 g/mol. The fourth-order valence-corrected chi connectivity index (χ4v) is 5.61. The molecule has 8 nitrogen and oxygen atoms in total. The number of Topliss-reactive ketones (excluding diaryl/α,β-unsaturated/α-hetero) is 1. The van der Waals surface area contributed by atoms with Gasteiger partial charge in [0.25, 0.3) is 0 Å². The summed E-state index contributed by atoms with van der Waals surface area (Å²) in [5.41, 5.74) is 2.00. The summed E-state index contributed by atoms with van der Waals surface area (Å²) in [6.45, 7) is 5.23. The summed E-state index contributed by atoms with van der Waals surface area (Å²) in [7, 11) is 0. The Hall–Kier alpha value is -2.56. The normalized spacial score (nSPS) is 19.6. The van der Waals surface area contributed by atoms with E-state index in [-0.39, 0.29) is 46.3 Å². The monoisotopic (exact) mass is 564 g/mol. The van der Waals surface area contributed by atoms with E-state index in [4.69, 9.17) is 4.74 Å². The van der Waals surface area contributed by atoms with Gasteiger partial charge in [-0.2, -0.15) is 0 Å². The summed E-state index contributed by atoms with van der Waals surface area (Å²) < 4.78 is 21.5. The van der Waals surface area contributed by atoms with Crippen LogP contribution < -0.4 is 0 Å². The molecule has 206 valence electrons. The van der Waals surface area contributed by atoms with Gasteiger partial charge in [0.1, 0.15) is 11.5 Å². The number of halogens is 2. The predicted octanol–water partition coefficient (Wildman–Crippen LogP) is 4.64. The number of likely N-dealkylation sites (tertiary alicyclic amines) is 1. The minimum atomic E-state index is -0.654. The Morgan fingerprint density at radius 1 is 1.24 bits per heavy atom. The molecule has 0 N–H and O–H groups in total. The molecule has 0 radical (unpaired) electrons. The van der Waals surface area contributed by atoms with Gasteiger partial charge in [-0.05, 0) is 50.3 Å². The zero-order valence-corrected chi connectivity index (χ0v) is 23.3. The zero-order valence-electron chi connectivity index (χ0n) is 21.7. The van der Waals surface area contributed by atoms with Crippen molar-refractivity contribution in [1.82, 2.24) is 19.9 Å². The van der Waals surface area contributed by atoms with Crippen LogP contribution in [0, 0.1) is 11.7 Å². The third-order valence-corrected chi connectivity index (χ3v) is 7.72. The first-order valence-corrected chi connectivity index (χ1v) is 13.7. The number of esters is 1. The van der Waals surface area contributed by atoms with Crippen LogP contribution in [-0.4, -0.2) is 61.7 Å². The lowest BCUT2D eigenvalue weighted by atomic mass is 9.93. The maximum atomic E-state index is 14.8. The van der Waals surface area contributed by atoms with Crippen LogP contribution in [0.1, 0.15) is 63.3 Å². The number of nitrogens with zero attached hydrogens (tertiary/aromatic N) is 4. The number of aromatic nitrogens is 3. The Bertz CT molecular complexity index is 1170. The highest BCUT2D eigenvalue weighted by molar-refractivity contribution is 8.14. The van der Waals surface area contributed by atoms with Crippen molar-refractivity contribution in [2.24, 2.45) is 5.92 Å². The third kappa shape index (κ3) is 7.97. The number of rotatable bonds is 11. The molecule has 1 aliphatic carbocycles. The predicted molar refractivity (Wildman–Crippen MR) is 146 cm³/mol. The largest absolute Gasteiger partial charge is 0.466 e. The molecule has 38 heavy (non-hydrogen) atoms. The standard InChI is InChI=1S/C27H33FN4O4S.ClH/c1-3-36-25(34)9-6-13-32-17-21(29-30-32)15-20-16-31(14-12-24(20)37-18(2)33)26(27(35)19-10-11-19)22-7-4-5-8-23(22)28;/h4-5,7-8,15,17,19,24,26H,3,6,9-14,16H2,1-2H3;1H. The lowest BCUT2D eigenvalue weighted by Crippen LogP contribution is -2.43. The summed E-state index contributed by atoms with van der Waals surface area (Å²) in [6, 6.07) is 5.84. The van der Waals surface area contributed by atoms with Crippen LogP contribution in [0.25, 0.3) is 6.08 Å². The van der Waals surface area contributed by atoms with Gasteiger partial charge in [0, 0.05) is 49.7 Å². The van der Waals surface area contributed by atoms with Crippen molar-refractivity contribution < 1.29 is 23.5 Å². The Balaban J connectivity index is 0.00000400. The van der Waals surface area contributed by atoms with Crippen LogP contribution in [0.4, 0.5) is 4.39 Å². The molecule has 1 aromatic carbocycles. The lowest BCUT2D eigenvalue weighted by Gasteiger charge is -2.38. The molecule has 2 unspecified atom stereocenters. The van der Waals surface area contributed by atoms with Crippen molar-refractivity contribution in [3.8, 4) is 0 Å². The number of hydrogen-bond acceptors (Lipinski definition) is 8. The number of piperidine rings is 1. The molecular formula is C27H34ClFN4O4S. The maximum absolute atomic E-state index is 14.8. The molecule has 2 atom stereocenters. The maximum Gasteiger partial charge on any atom is 0.305 e. The van der Waals surface area contributed by atoms with E-state index in [1.165, 1.54) is 17.8 Å². The van der Waals surface area contributed by atoms with Crippen molar-refractivity contribution in [3.63, 3.8) is 0 Å². The highest BCUT2D eigenvalue weighted by Gasteiger charge is 2.41. The van der Waals surface area contributed by atoms with Gasteiger partial charge < -0.3 is 4.74 Å². The van der Waals surface area contributed by atoms with E-state index in [0.717, 1.165) is 18.4 Å². The SMILES string of the molecule is CCOC(=O)CCCn1cc(C=C2CN(C(C(=O)C3CC3)c3ccccc3F)CCC2SC(C)=O)nn1.Cl. The molecule has 1 aliphatic heterocycles. The number of carbonyl (C=O) groups is 3. The zero-order chi connectivity index (χ0) is 26.4. The van der Waals surface area contributed by atoms with Gasteiger partial charge in [-0.25, -0.2) is 4.39 Å². The first kappa shape index (κ1) is 30.0. The van der Waals surface area contributed by atoms with Gasteiger partial charge in [0.15, 0.2) is 10.9 Å². The Morgan fingerprint density at radius 2 is 2.00 bits per heavy atom. The van der Waals surface area contributed by atoms with E-state index in [1.807, 2.05) is 11.0 Å². The van der Waals surface area contributed by atoms with Crippen LogP contribution in [0.2, 0.25) is 0 Å². The van der Waals surface area contributed by atoms with Crippen molar-refractivity contribution in [1.29, 1.82) is 0 Å². The van der Waals surface area contributed by atoms with Crippen molar-refractivity contribution >= 4 is 47.1 Å². The van der Waals surface area contributed by atoms with Crippen LogP contribution in [0.15, 0.2) is 36.0 Å². The highest BCUT2D eigenvalue weighted by atomic mass is 35.5. The molecule has 1 saturated heterocycles. The first-order valence-electron chi connectivity index (χ1n) is 12.8. The number of ketones is 1. The van der Waals surface area contributed by atoms with Crippen molar-refractivity contribution in [2.45, 2.75) is 63.8 Å². The second-order valence-corrected chi connectivity index (χ2v) is 10.9. The number of carbonyl (C=O) groups excluding carboxylic acids is 3. The van der Waals surface area contributed by atoms with E-state index in [0.29, 0.717) is 56.8 Å². The molecule has 11 heteroatoms. The molecule has 1 saturated carbocycles. The van der Waals surface area contributed by atoms with Gasteiger partial charge in [-0.1, -0.05) is 35.2 Å². The number of aryl methyl sites for hydroxylation is 1. The molecule has 2 aliphatic rings. The van der Waals surface area contributed by atoms with Gasteiger partial charge in [0.05, 0.1) is 18.8 Å². The van der Waals surface area contributed by atoms with Gasteiger partial charge >= 0.3 is 5.97 Å². The van der Waals surface area contributed by atoms with E-state index < -0.39 is 6.04 Å². The second-order valence-electron chi connectivity index (χ2n) is 9.49. The number of hydrogen-bond donors (Lipinski definition) is 0. The topological polar surface area (TPSA) is 94.4 Å². The van der Waals surface area contributed by atoms with E-state index in [1.54, 1.807) is 42.9 Å². The van der Waals surface area contributed by atoms with Crippen LogP contribution >= 0.6 is 24.2 Å². The van der Waals surface area contributed by atoms with E-state index in [9.17, 15) is 18.8 Å². The van der Waals surface area contributed by atoms with Crippen LogP contribution in [0.5, 0.6) is 0 Å². The van der Waals surface area contributed by atoms with Crippen molar-refractivity contribution in [3.05, 3.63) is 53.1 Å². The minimum Gasteiger partial charge on any atom is -0.466 e. The molecule has 2 fully saturated rings. The van der Waals surface area contributed by atoms with Crippen LogP contribution in [-0.2, 0) is 25.7 Å². The number of ether oxygens (including phenoxy) is 1. The second kappa shape index (κ2) is 14.0. The summed E-state index contributed by atoms with van der Waals surface area (Å²) in [4.78, 5) is 38.9.